The molecule has 1 aliphatic rings. The fourth-order valence-corrected chi connectivity index (χ4v) is 2.83. The van der Waals surface area contributed by atoms with E-state index in [0.717, 1.165) is 57.1 Å². The van der Waals surface area contributed by atoms with Crippen LogP contribution < -0.4 is 10.6 Å². The summed E-state index contributed by atoms with van der Waals surface area (Å²) in [6, 6.07) is 0. The first-order valence-electron chi connectivity index (χ1n) is 6.94. The quantitative estimate of drug-likeness (QED) is 0.261. The number of anilines is 1. The van der Waals surface area contributed by atoms with Gasteiger partial charge in [0.05, 0.1) is 0 Å². The topological polar surface area (TPSA) is 57.8 Å². The molecule has 0 spiro atoms. The molecule has 0 saturated carbocycles. The van der Waals surface area contributed by atoms with E-state index in [1.165, 1.54) is 0 Å². The standard InChI is InChI=1S/C14H21N5S.HI/c1-2-3-4-5-6-16-13(15)18-8-10-19(11-9-18)14-17-7-12-20-14;/h1,7,12H,3-6,8-11H2,(H2,15,16);1H. The van der Waals surface area contributed by atoms with Crippen LogP contribution in [0.15, 0.2) is 16.6 Å². The van der Waals surface area contributed by atoms with E-state index in [1.807, 2.05) is 11.6 Å². The van der Waals surface area contributed by atoms with Gasteiger partial charge < -0.3 is 15.5 Å². The number of nitrogens with two attached hydrogens (primary N) is 1. The molecule has 0 aliphatic carbocycles. The molecule has 2 rings (SSSR count). The second-order valence-corrected chi connectivity index (χ2v) is 5.56. The summed E-state index contributed by atoms with van der Waals surface area (Å²) < 4.78 is 0. The van der Waals surface area contributed by atoms with Gasteiger partial charge >= 0.3 is 0 Å². The van der Waals surface area contributed by atoms with Crippen molar-refractivity contribution in [3.63, 3.8) is 0 Å². The van der Waals surface area contributed by atoms with Crippen LogP contribution in [0.2, 0.25) is 0 Å². The number of unbranched alkanes of at least 4 members (excludes halogenated alkanes) is 2. The highest BCUT2D eigenvalue weighted by molar-refractivity contribution is 14.0. The smallest absolute Gasteiger partial charge is 0.191 e. The Kier molecular flexibility index (Phi) is 8.45. The average molecular weight is 419 g/mol. The Morgan fingerprint density at radius 2 is 2.14 bits per heavy atom. The lowest BCUT2D eigenvalue weighted by atomic mass is 10.2. The summed E-state index contributed by atoms with van der Waals surface area (Å²) in [4.78, 5) is 13.2. The van der Waals surface area contributed by atoms with Crippen LogP contribution in [0.1, 0.15) is 19.3 Å². The van der Waals surface area contributed by atoms with E-state index in [9.17, 15) is 0 Å². The minimum atomic E-state index is 0. The van der Waals surface area contributed by atoms with Gasteiger partial charge in [0.1, 0.15) is 0 Å². The molecule has 1 aromatic heterocycles. The molecule has 1 saturated heterocycles. The molecule has 21 heavy (non-hydrogen) atoms. The number of hydrogen-bond acceptors (Lipinski definition) is 4. The van der Waals surface area contributed by atoms with Crippen LogP contribution in [0.4, 0.5) is 5.13 Å². The van der Waals surface area contributed by atoms with Gasteiger partial charge in [0, 0.05) is 50.7 Å². The van der Waals surface area contributed by atoms with Crippen molar-refractivity contribution in [2.45, 2.75) is 19.3 Å². The van der Waals surface area contributed by atoms with Crippen molar-refractivity contribution in [1.29, 1.82) is 0 Å². The van der Waals surface area contributed by atoms with Gasteiger partial charge in [-0.2, -0.15) is 0 Å². The molecule has 0 bridgehead atoms. The summed E-state index contributed by atoms with van der Waals surface area (Å²) in [7, 11) is 0. The van der Waals surface area contributed by atoms with E-state index in [-0.39, 0.29) is 24.0 Å². The minimum absolute atomic E-state index is 0. The number of aliphatic imine (C=N–C) groups is 1. The molecule has 7 heteroatoms. The Morgan fingerprint density at radius 1 is 1.38 bits per heavy atom. The van der Waals surface area contributed by atoms with E-state index < -0.39 is 0 Å². The third-order valence-electron chi connectivity index (χ3n) is 3.30. The first kappa shape index (κ1) is 18.0. The predicted octanol–water partition coefficient (Wildman–Crippen LogP) is 2.00. The van der Waals surface area contributed by atoms with Gasteiger partial charge in [0.15, 0.2) is 11.1 Å². The Hall–Kier alpha value is -1.01. The number of guanidine groups is 1. The molecule has 1 fully saturated rings. The maximum atomic E-state index is 6.03. The maximum Gasteiger partial charge on any atom is 0.191 e. The highest BCUT2D eigenvalue weighted by Gasteiger charge is 2.19. The molecule has 5 nitrogen and oxygen atoms in total. The molecule has 0 unspecified atom stereocenters. The van der Waals surface area contributed by atoms with E-state index >= 15 is 0 Å². The average Bonchev–Trinajstić information content (AvgIpc) is 3.01. The van der Waals surface area contributed by atoms with Crippen molar-refractivity contribution < 1.29 is 0 Å². The van der Waals surface area contributed by atoms with Crippen molar-refractivity contribution >= 4 is 46.4 Å². The summed E-state index contributed by atoms with van der Waals surface area (Å²) >= 11 is 1.68. The molecule has 1 aromatic rings. The molecule has 0 atom stereocenters. The summed E-state index contributed by atoms with van der Waals surface area (Å²) in [5.41, 5.74) is 6.03. The summed E-state index contributed by atoms with van der Waals surface area (Å²) in [6.45, 7) is 4.46. The molecular weight excluding hydrogens is 397 g/mol. The third-order valence-corrected chi connectivity index (χ3v) is 4.13. The van der Waals surface area contributed by atoms with Gasteiger partial charge in [-0.05, 0) is 12.8 Å². The lowest BCUT2D eigenvalue weighted by Gasteiger charge is -2.35. The SMILES string of the molecule is C#CCCCCN=C(N)N1CCN(c2nccs2)CC1.I. The zero-order valence-electron chi connectivity index (χ0n) is 12.1. The van der Waals surface area contributed by atoms with Crippen LogP contribution in [0.3, 0.4) is 0 Å². The van der Waals surface area contributed by atoms with Gasteiger partial charge in [-0.25, -0.2) is 4.98 Å². The second-order valence-electron chi connectivity index (χ2n) is 4.69. The van der Waals surface area contributed by atoms with Gasteiger partial charge in [0.25, 0.3) is 0 Å². The molecule has 116 valence electrons. The van der Waals surface area contributed by atoms with Gasteiger partial charge in [0.2, 0.25) is 0 Å². The highest BCUT2D eigenvalue weighted by atomic mass is 127. The lowest BCUT2D eigenvalue weighted by molar-refractivity contribution is 0.380. The van der Waals surface area contributed by atoms with Crippen LogP contribution in [0.5, 0.6) is 0 Å². The number of thiazole rings is 1. The molecule has 2 heterocycles. The van der Waals surface area contributed by atoms with Crippen LogP contribution >= 0.6 is 35.3 Å². The zero-order chi connectivity index (χ0) is 14.2. The highest BCUT2D eigenvalue weighted by Crippen LogP contribution is 2.18. The molecule has 1 aliphatic heterocycles. The number of hydrogen-bond donors (Lipinski definition) is 1. The molecular formula is C14H22IN5S. The van der Waals surface area contributed by atoms with E-state index in [4.69, 9.17) is 12.2 Å². The normalized spacial score (nSPS) is 15.5. The van der Waals surface area contributed by atoms with Gasteiger partial charge in [-0.1, -0.05) is 0 Å². The van der Waals surface area contributed by atoms with Crippen molar-refractivity contribution in [3.8, 4) is 12.3 Å². The van der Waals surface area contributed by atoms with E-state index in [1.54, 1.807) is 11.3 Å². The third kappa shape index (κ3) is 5.71. The fourth-order valence-electron chi connectivity index (χ4n) is 2.13. The number of aromatic nitrogens is 1. The number of rotatable bonds is 5. The second kappa shape index (κ2) is 9.84. The Labute approximate surface area is 147 Å². The minimum Gasteiger partial charge on any atom is -0.370 e. The van der Waals surface area contributed by atoms with Crippen molar-refractivity contribution in [2.24, 2.45) is 10.7 Å². The molecule has 0 amide bonds. The molecule has 2 N–H and O–H groups in total. The summed E-state index contributed by atoms with van der Waals surface area (Å²) in [6.07, 6.45) is 9.90. The summed E-state index contributed by atoms with van der Waals surface area (Å²) in [5, 5.41) is 3.10. The van der Waals surface area contributed by atoms with E-state index in [2.05, 4.69) is 25.7 Å². The van der Waals surface area contributed by atoms with Gasteiger partial charge in [-0.3, -0.25) is 4.99 Å². The van der Waals surface area contributed by atoms with Gasteiger partial charge in [-0.15, -0.1) is 47.7 Å². The fraction of sp³-hybridized carbons (Fsp3) is 0.571. The Bertz CT molecular complexity index is 460. The number of piperazine rings is 1. The van der Waals surface area contributed by atoms with Crippen LogP contribution in [-0.4, -0.2) is 48.6 Å². The van der Waals surface area contributed by atoms with Crippen LogP contribution in [0, 0.1) is 12.3 Å². The molecule has 0 aromatic carbocycles. The number of terminal acetylenes is 1. The first-order valence-corrected chi connectivity index (χ1v) is 7.82. The van der Waals surface area contributed by atoms with Crippen LogP contribution in [0.25, 0.3) is 0 Å². The van der Waals surface area contributed by atoms with E-state index in [0.29, 0.717) is 5.96 Å². The maximum absolute atomic E-state index is 6.03. The zero-order valence-corrected chi connectivity index (χ0v) is 15.2. The van der Waals surface area contributed by atoms with Crippen LogP contribution in [-0.2, 0) is 0 Å². The first-order chi connectivity index (χ1) is 9.81. The Morgan fingerprint density at radius 3 is 2.76 bits per heavy atom. The monoisotopic (exact) mass is 419 g/mol. The van der Waals surface area contributed by atoms with Crippen molar-refractivity contribution in [1.82, 2.24) is 9.88 Å². The number of nitrogens with zero attached hydrogens (tertiary/aromatic N) is 4. The molecule has 0 radical (unpaired) electrons. The number of halogens is 1. The van der Waals surface area contributed by atoms with Crippen molar-refractivity contribution in [2.75, 3.05) is 37.6 Å². The largest absolute Gasteiger partial charge is 0.370 e. The lowest BCUT2D eigenvalue weighted by Crippen LogP contribution is -2.51. The summed E-state index contributed by atoms with van der Waals surface area (Å²) in [5.74, 6) is 3.29. The Balaban J connectivity index is 0.00000220. The predicted molar refractivity (Wildman–Crippen MR) is 100 cm³/mol. The van der Waals surface area contributed by atoms with Crippen molar-refractivity contribution in [3.05, 3.63) is 11.6 Å².